The first-order valence-electron chi connectivity index (χ1n) is 6.44. The number of sulfone groups is 1. The molecule has 0 spiro atoms. The maximum absolute atomic E-state index is 12.0. The number of carbonyl (C=O) groups is 1. The van der Waals surface area contributed by atoms with E-state index in [1.165, 1.54) is 0 Å². The van der Waals surface area contributed by atoms with Gasteiger partial charge in [0.15, 0.2) is 9.84 Å². The summed E-state index contributed by atoms with van der Waals surface area (Å²) in [6.07, 6.45) is 2.86. The molecular weight excluding hydrogens is 310 g/mol. The van der Waals surface area contributed by atoms with Crippen molar-refractivity contribution >= 4 is 33.4 Å². The third-order valence-corrected chi connectivity index (χ3v) is 5.66. The van der Waals surface area contributed by atoms with Gasteiger partial charge in [0.1, 0.15) is 0 Å². The van der Waals surface area contributed by atoms with Crippen molar-refractivity contribution in [3.8, 4) is 0 Å². The number of benzene rings is 1. The molecule has 116 valence electrons. The summed E-state index contributed by atoms with van der Waals surface area (Å²) in [7, 11) is -3.24. The summed E-state index contributed by atoms with van der Waals surface area (Å²) in [5.41, 5.74) is 1.30. The fourth-order valence-electron chi connectivity index (χ4n) is 1.48. The Bertz CT molecular complexity index is 663. The topological polar surface area (TPSA) is 63.2 Å². The molecule has 0 saturated carbocycles. The maximum atomic E-state index is 12.0. The van der Waals surface area contributed by atoms with Crippen molar-refractivity contribution < 1.29 is 13.2 Å². The zero-order valence-electron chi connectivity index (χ0n) is 12.6. The van der Waals surface area contributed by atoms with E-state index in [0.717, 1.165) is 11.8 Å². The molecule has 0 aromatic heterocycles. The lowest BCUT2D eigenvalue weighted by Crippen LogP contribution is -2.43. The van der Waals surface area contributed by atoms with Crippen LogP contribution in [-0.4, -0.2) is 31.9 Å². The van der Waals surface area contributed by atoms with Gasteiger partial charge in [-0.25, -0.2) is 8.42 Å². The fraction of sp³-hybridized carbons (Fsp3) is 0.400. The molecular formula is C15H20ClNO3S. The summed E-state index contributed by atoms with van der Waals surface area (Å²) in [4.78, 5) is 12.0. The van der Waals surface area contributed by atoms with E-state index in [-0.39, 0.29) is 12.5 Å². The largest absolute Gasteiger partial charge is 0.351 e. The first-order chi connectivity index (χ1) is 9.53. The average Bonchev–Trinajstić information content (AvgIpc) is 2.34. The number of halogens is 1. The number of hydrogen-bond acceptors (Lipinski definition) is 3. The van der Waals surface area contributed by atoms with Crippen LogP contribution in [0.25, 0.3) is 6.08 Å². The van der Waals surface area contributed by atoms with Crippen molar-refractivity contribution in [3.05, 3.63) is 40.4 Å². The zero-order chi connectivity index (χ0) is 16.3. The Labute approximate surface area is 131 Å². The molecule has 0 aliphatic rings. The lowest BCUT2D eigenvalue weighted by molar-refractivity contribution is -0.117. The molecule has 1 rings (SSSR count). The molecule has 0 atom stereocenters. The molecule has 0 bridgehead atoms. The molecule has 0 saturated heterocycles. The second-order valence-electron chi connectivity index (χ2n) is 5.60. The monoisotopic (exact) mass is 329 g/mol. The van der Waals surface area contributed by atoms with Crippen molar-refractivity contribution in [3.63, 3.8) is 0 Å². The van der Waals surface area contributed by atoms with E-state index in [2.05, 4.69) is 5.32 Å². The maximum Gasteiger partial charge on any atom is 0.246 e. The molecule has 1 amide bonds. The van der Waals surface area contributed by atoms with E-state index < -0.39 is 14.6 Å². The van der Waals surface area contributed by atoms with Crippen molar-refractivity contribution in [1.82, 2.24) is 5.32 Å². The molecule has 0 heterocycles. The molecule has 0 radical (unpaired) electrons. The van der Waals surface area contributed by atoms with Crippen LogP contribution in [0, 0.1) is 0 Å². The van der Waals surface area contributed by atoms with Gasteiger partial charge >= 0.3 is 0 Å². The SMILES string of the molecule is CC(=Cc1cccc(Cl)c1)C(=O)NCC(C)(C)S(C)(=O)=O. The Morgan fingerprint density at radius 1 is 1.38 bits per heavy atom. The Morgan fingerprint density at radius 3 is 2.52 bits per heavy atom. The number of carbonyl (C=O) groups excluding carboxylic acids is 1. The van der Waals surface area contributed by atoms with Crippen LogP contribution in [0.5, 0.6) is 0 Å². The number of nitrogens with one attached hydrogen (secondary N) is 1. The van der Waals surface area contributed by atoms with Crippen molar-refractivity contribution in [2.24, 2.45) is 0 Å². The smallest absolute Gasteiger partial charge is 0.246 e. The van der Waals surface area contributed by atoms with E-state index in [4.69, 9.17) is 11.6 Å². The highest BCUT2D eigenvalue weighted by molar-refractivity contribution is 7.92. The predicted molar refractivity (Wildman–Crippen MR) is 87.0 cm³/mol. The fourth-order valence-corrected chi connectivity index (χ4v) is 2.01. The van der Waals surface area contributed by atoms with Gasteiger partial charge in [0.05, 0.1) is 4.75 Å². The van der Waals surface area contributed by atoms with E-state index in [1.807, 2.05) is 6.07 Å². The van der Waals surface area contributed by atoms with E-state index in [1.54, 1.807) is 45.0 Å². The molecule has 6 heteroatoms. The second kappa shape index (κ2) is 6.62. The Kier molecular flexibility index (Phi) is 5.59. The third-order valence-electron chi connectivity index (χ3n) is 3.27. The van der Waals surface area contributed by atoms with E-state index in [9.17, 15) is 13.2 Å². The minimum atomic E-state index is -3.24. The summed E-state index contributed by atoms with van der Waals surface area (Å²) in [6.45, 7) is 4.90. The highest BCUT2D eigenvalue weighted by Gasteiger charge is 2.30. The van der Waals surface area contributed by atoms with Crippen LogP contribution in [0.4, 0.5) is 0 Å². The summed E-state index contributed by atoms with van der Waals surface area (Å²) < 4.78 is 22.2. The second-order valence-corrected chi connectivity index (χ2v) is 8.68. The van der Waals surface area contributed by atoms with Crippen molar-refractivity contribution in [2.75, 3.05) is 12.8 Å². The highest BCUT2D eigenvalue weighted by atomic mass is 35.5. The van der Waals surface area contributed by atoms with Crippen LogP contribution < -0.4 is 5.32 Å². The molecule has 1 N–H and O–H groups in total. The standard InChI is InChI=1S/C15H20ClNO3S/c1-11(8-12-6-5-7-13(16)9-12)14(18)17-10-15(2,3)21(4,19)20/h5-9H,10H2,1-4H3,(H,17,18). The van der Waals surface area contributed by atoms with Crippen LogP contribution in [0.15, 0.2) is 29.8 Å². The number of rotatable bonds is 5. The molecule has 1 aromatic carbocycles. The van der Waals surface area contributed by atoms with Crippen LogP contribution in [0.1, 0.15) is 26.3 Å². The summed E-state index contributed by atoms with van der Waals surface area (Å²) >= 11 is 5.88. The molecule has 0 aliphatic heterocycles. The van der Waals surface area contributed by atoms with Crippen LogP contribution >= 0.6 is 11.6 Å². The Hall–Kier alpha value is -1.33. The van der Waals surface area contributed by atoms with Gasteiger partial charge in [0, 0.05) is 23.4 Å². The first-order valence-corrected chi connectivity index (χ1v) is 8.71. The van der Waals surface area contributed by atoms with Gasteiger partial charge in [0.25, 0.3) is 0 Å². The van der Waals surface area contributed by atoms with Gasteiger partial charge in [-0.3, -0.25) is 4.79 Å². The van der Waals surface area contributed by atoms with Crippen LogP contribution in [-0.2, 0) is 14.6 Å². The lowest BCUT2D eigenvalue weighted by atomic mass is 10.1. The zero-order valence-corrected chi connectivity index (χ0v) is 14.2. The first kappa shape index (κ1) is 17.7. The summed E-state index contributed by atoms with van der Waals surface area (Å²) in [6, 6.07) is 7.14. The highest BCUT2D eigenvalue weighted by Crippen LogP contribution is 2.15. The number of amides is 1. The minimum Gasteiger partial charge on any atom is -0.351 e. The van der Waals surface area contributed by atoms with E-state index in [0.29, 0.717) is 10.6 Å². The average molecular weight is 330 g/mol. The molecule has 0 fully saturated rings. The lowest BCUT2D eigenvalue weighted by Gasteiger charge is -2.22. The van der Waals surface area contributed by atoms with Gasteiger partial charge < -0.3 is 5.32 Å². The van der Waals surface area contributed by atoms with Gasteiger partial charge in [0.2, 0.25) is 5.91 Å². The van der Waals surface area contributed by atoms with Crippen LogP contribution in [0.3, 0.4) is 0 Å². The quantitative estimate of drug-likeness (QED) is 0.845. The van der Waals surface area contributed by atoms with Crippen molar-refractivity contribution in [1.29, 1.82) is 0 Å². The van der Waals surface area contributed by atoms with Gasteiger partial charge in [-0.15, -0.1) is 0 Å². The molecule has 0 aliphatic carbocycles. The minimum absolute atomic E-state index is 0.0609. The van der Waals surface area contributed by atoms with E-state index >= 15 is 0 Å². The van der Waals surface area contributed by atoms with Gasteiger partial charge in [-0.05, 0) is 44.5 Å². The van der Waals surface area contributed by atoms with Gasteiger partial charge in [-0.1, -0.05) is 23.7 Å². The van der Waals surface area contributed by atoms with Gasteiger partial charge in [-0.2, -0.15) is 0 Å². The Balaban J connectivity index is 2.76. The normalized spacial score (nSPS) is 13.1. The molecule has 0 unspecified atom stereocenters. The van der Waals surface area contributed by atoms with Crippen LogP contribution in [0.2, 0.25) is 5.02 Å². The molecule has 4 nitrogen and oxygen atoms in total. The summed E-state index contributed by atoms with van der Waals surface area (Å²) in [5.74, 6) is -0.299. The predicted octanol–water partition coefficient (Wildman–Crippen LogP) is 2.68. The van der Waals surface area contributed by atoms with Crippen molar-refractivity contribution in [2.45, 2.75) is 25.5 Å². The molecule has 1 aromatic rings. The Morgan fingerprint density at radius 2 is 2.00 bits per heavy atom. The number of hydrogen-bond donors (Lipinski definition) is 1. The third kappa shape index (κ3) is 5.17. The summed E-state index contributed by atoms with van der Waals surface area (Å²) in [5, 5.41) is 3.24. The molecule has 21 heavy (non-hydrogen) atoms.